The first kappa shape index (κ1) is 11.7. The van der Waals surface area contributed by atoms with Gasteiger partial charge in [0.05, 0.1) is 0 Å². The van der Waals surface area contributed by atoms with E-state index in [1.807, 2.05) is 0 Å². The number of carbonyl (C=O) groups excluding carboxylic acids is 2. The van der Waals surface area contributed by atoms with Crippen LogP contribution in [0, 0.1) is 0 Å². The first-order valence-corrected chi connectivity index (χ1v) is 4.59. The molecule has 15 heavy (non-hydrogen) atoms. The summed E-state index contributed by atoms with van der Waals surface area (Å²) in [6.45, 7) is 0.742. The van der Waals surface area contributed by atoms with Gasteiger partial charge in [0, 0.05) is 26.2 Å². The highest BCUT2D eigenvalue weighted by molar-refractivity contribution is 5.79. The standard InChI is InChI=1S/C8H13F2N3O2/c1-11-8(15)13-3-2-5(4-13)12-7(14)6(9)10/h5-6H,2-4H2,1H3,(H,11,15)(H,12,14)/t5-/m0/s1. The molecule has 2 N–H and O–H groups in total. The van der Waals surface area contributed by atoms with Crippen molar-refractivity contribution in [2.45, 2.75) is 18.9 Å². The zero-order chi connectivity index (χ0) is 11.4. The number of urea groups is 1. The minimum Gasteiger partial charge on any atom is -0.347 e. The summed E-state index contributed by atoms with van der Waals surface area (Å²) in [4.78, 5) is 23.3. The Labute approximate surface area is 85.8 Å². The maximum absolute atomic E-state index is 11.9. The second-order valence-corrected chi connectivity index (χ2v) is 3.30. The van der Waals surface area contributed by atoms with Crippen molar-refractivity contribution in [3.63, 3.8) is 0 Å². The quantitative estimate of drug-likeness (QED) is 0.677. The Morgan fingerprint density at radius 3 is 2.67 bits per heavy atom. The summed E-state index contributed by atoms with van der Waals surface area (Å²) in [5, 5.41) is 4.61. The van der Waals surface area contributed by atoms with E-state index in [1.165, 1.54) is 11.9 Å². The van der Waals surface area contributed by atoms with Gasteiger partial charge in [-0.15, -0.1) is 0 Å². The third kappa shape index (κ3) is 3.03. The van der Waals surface area contributed by atoms with E-state index in [2.05, 4.69) is 10.6 Å². The number of rotatable bonds is 2. The Bertz CT molecular complexity index is 260. The van der Waals surface area contributed by atoms with Gasteiger partial charge in [-0.25, -0.2) is 4.79 Å². The van der Waals surface area contributed by atoms with Crippen LogP contribution in [0.25, 0.3) is 0 Å². The van der Waals surface area contributed by atoms with Crippen LogP contribution in [0.4, 0.5) is 13.6 Å². The zero-order valence-corrected chi connectivity index (χ0v) is 8.30. The minimum absolute atomic E-state index is 0.260. The number of alkyl halides is 2. The van der Waals surface area contributed by atoms with Gasteiger partial charge in [0.15, 0.2) is 0 Å². The molecule has 5 nitrogen and oxygen atoms in total. The van der Waals surface area contributed by atoms with Crippen molar-refractivity contribution in [1.82, 2.24) is 15.5 Å². The van der Waals surface area contributed by atoms with Crippen LogP contribution in [0.15, 0.2) is 0 Å². The molecule has 0 radical (unpaired) electrons. The smallest absolute Gasteiger partial charge is 0.317 e. The van der Waals surface area contributed by atoms with E-state index in [1.54, 1.807) is 0 Å². The zero-order valence-electron chi connectivity index (χ0n) is 8.30. The Morgan fingerprint density at radius 2 is 2.13 bits per heavy atom. The lowest BCUT2D eigenvalue weighted by Gasteiger charge is -2.16. The van der Waals surface area contributed by atoms with Gasteiger partial charge in [-0.2, -0.15) is 8.78 Å². The molecule has 1 heterocycles. The van der Waals surface area contributed by atoms with Crippen LogP contribution in [0.2, 0.25) is 0 Å². The summed E-state index contributed by atoms with van der Waals surface area (Å²) in [5.74, 6) is -1.28. The lowest BCUT2D eigenvalue weighted by Crippen LogP contribution is -2.42. The fraction of sp³-hybridized carbons (Fsp3) is 0.750. The van der Waals surface area contributed by atoms with Gasteiger partial charge in [0.2, 0.25) is 0 Å². The minimum atomic E-state index is -3.00. The fourth-order valence-electron chi connectivity index (χ4n) is 1.48. The molecule has 1 saturated heterocycles. The molecule has 1 fully saturated rings. The molecule has 0 saturated carbocycles. The molecule has 1 aliphatic rings. The van der Waals surface area contributed by atoms with Crippen LogP contribution in [0.1, 0.15) is 6.42 Å². The fourth-order valence-corrected chi connectivity index (χ4v) is 1.48. The lowest BCUT2D eigenvalue weighted by molar-refractivity contribution is -0.132. The molecule has 0 aliphatic carbocycles. The Hall–Kier alpha value is -1.40. The number of likely N-dealkylation sites (tertiary alicyclic amines) is 1. The molecule has 3 amide bonds. The second kappa shape index (κ2) is 4.90. The maximum atomic E-state index is 11.9. The number of nitrogens with zero attached hydrogens (tertiary/aromatic N) is 1. The highest BCUT2D eigenvalue weighted by Gasteiger charge is 2.28. The van der Waals surface area contributed by atoms with Crippen LogP contribution in [-0.2, 0) is 4.79 Å². The molecular weight excluding hydrogens is 208 g/mol. The van der Waals surface area contributed by atoms with Crippen molar-refractivity contribution < 1.29 is 18.4 Å². The average molecular weight is 221 g/mol. The van der Waals surface area contributed by atoms with Crippen LogP contribution >= 0.6 is 0 Å². The molecule has 0 aromatic carbocycles. The summed E-state index contributed by atoms with van der Waals surface area (Å²) >= 11 is 0. The van der Waals surface area contributed by atoms with E-state index in [4.69, 9.17) is 0 Å². The highest BCUT2D eigenvalue weighted by atomic mass is 19.3. The first-order chi connectivity index (χ1) is 7.04. The summed E-state index contributed by atoms with van der Waals surface area (Å²) in [6.07, 6.45) is -2.50. The van der Waals surface area contributed by atoms with Crippen LogP contribution < -0.4 is 10.6 Å². The Morgan fingerprint density at radius 1 is 1.47 bits per heavy atom. The molecule has 1 aliphatic heterocycles. The van der Waals surface area contributed by atoms with Crippen molar-refractivity contribution in [2.24, 2.45) is 0 Å². The van der Waals surface area contributed by atoms with Gasteiger partial charge < -0.3 is 15.5 Å². The topological polar surface area (TPSA) is 61.4 Å². The van der Waals surface area contributed by atoms with Gasteiger partial charge in [0.1, 0.15) is 0 Å². The van der Waals surface area contributed by atoms with Crippen molar-refractivity contribution in [3.8, 4) is 0 Å². The predicted molar refractivity (Wildman–Crippen MR) is 48.6 cm³/mol. The number of hydrogen-bond donors (Lipinski definition) is 2. The Balaban J connectivity index is 2.37. The normalized spacial score (nSPS) is 20.5. The molecule has 0 aromatic rings. The molecule has 0 aromatic heterocycles. The second-order valence-electron chi connectivity index (χ2n) is 3.30. The van der Waals surface area contributed by atoms with Crippen LogP contribution in [0.3, 0.4) is 0 Å². The largest absolute Gasteiger partial charge is 0.347 e. The van der Waals surface area contributed by atoms with E-state index >= 15 is 0 Å². The van der Waals surface area contributed by atoms with Crippen LogP contribution in [0.5, 0.6) is 0 Å². The van der Waals surface area contributed by atoms with E-state index in [9.17, 15) is 18.4 Å². The molecule has 0 unspecified atom stereocenters. The lowest BCUT2D eigenvalue weighted by atomic mass is 10.2. The molecule has 1 atom stereocenters. The first-order valence-electron chi connectivity index (χ1n) is 4.59. The predicted octanol–water partition coefficient (Wildman–Crippen LogP) is -0.219. The van der Waals surface area contributed by atoms with Crippen LogP contribution in [-0.4, -0.2) is 49.4 Å². The number of carbonyl (C=O) groups is 2. The number of amides is 3. The van der Waals surface area contributed by atoms with Gasteiger partial charge in [-0.05, 0) is 6.42 Å². The molecule has 0 spiro atoms. The van der Waals surface area contributed by atoms with E-state index < -0.39 is 12.3 Å². The van der Waals surface area contributed by atoms with Crippen molar-refractivity contribution in [1.29, 1.82) is 0 Å². The van der Waals surface area contributed by atoms with Crippen molar-refractivity contribution in [3.05, 3.63) is 0 Å². The summed E-state index contributed by atoms with van der Waals surface area (Å²) < 4.78 is 23.8. The van der Waals surface area contributed by atoms with E-state index in [-0.39, 0.29) is 18.6 Å². The third-order valence-corrected chi connectivity index (χ3v) is 2.23. The number of halogens is 2. The molecule has 0 bridgehead atoms. The SMILES string of the molecule is CNC(=O)N1CC[C@H](NC(=O)C(F)F)C1. The summed E-state index contributed by atoms with van der Waals surface area (Å²) in [6, 6.07) is -0.632. The average Bonchev–Trinajstić information content (AvgIpc) is 2.65. The van der Waals surface area contributed by atoms with Gasteiger partial charge in [-0.1, -0.05) is 0 Å². The molecule has 86 valence electrons. The molecular formula is C8H13F2N3O2. The molecule has 1 rings (SSSR count). The Kier molecular flexibility index (Phi) is 3.81. The van der Waals surface area contributed by atoms with E-state index in [0.29, 0.717) is 13.0 Å². The van der Waals surface area contributed by atoms with Crippen molar-refractivity contribution >= 4 is 11.9 Å². The summed E-state index contributed by atoms with van der Waals surface area (Å²) in [5.41, 5.74) is 0. The van der Waals surface area contributed by atoms with Gasteiger partial charge >= 0.3 is 12.5 Å². The highest BCUT2D eigenvalue weighted by Crippen LogP contribution is 2.09. The van der Waals surface area contributed by atoms with Crippen molar-refractivity contribution in [2.75, 3.05) is 20.1 Å². The summed E-state index contributed by atoms with van der Waals surface area (Å²) in [7, 11) is 1.49. The maximum Gasteiger partial charge on any atom is 0.317 e. The van der Waals surface area contributed by atoms with E-state index in [0.717, 1.165) is 0 Å². The van der Waals surface area contributed by atoms with Gasteiger partial charge in [-0.3, -0.25) is 4.79 Å². The third-order valence-electron chi connectivity index (χ3n) is 2.23. The number of nitrogens with one attached hydrogen (secondary N) is 2. The molecule has 7 heteroatoms. The number of hydrogen-bond acceptors (Lipinski definition) is 2. The van der Waals surface area contributed by atoms with Gasteiger partial charge in [0.25, 0.3) is 5.91 Å². The monoisotopic (exact) mass is 221 g/mol.